The SMILES string of the molecule is C=C(O)C(=O)O.O=N[O-].[CH3-].[CH3-].[CH3-].[Pt]. The molecule has 0 aliphatic rings. The van der Waals surface area contributed by atoms with Crippen LogP contribution in [0.3, 0.4) is 0 Å². The summed E-state index contributed by atoms with van der Waals surface area (Å²) in [7, 11) is 0. The molecule has 7 heteroatoms. The zero-order chi connectivity index (χ0) is 7.86. The fourth-order valence-electron chi connectivity index (χ4n) is 0. The summed E-state index contributed by atoms with van der Waals surface area (Å²) in [6, 6.07) is 0. The van der Waals surface area contributed by atoms with E-state index in [1.165, 1.54) is 0 Å². The topological polar surface area (TPSA) is 110 Å². The number of aliphatic hydroxyl groups excluding tert-OH is 1. The normalized spacial score (nSPS) is 4.31. The van der Waals surface area contributed by atoms with Gasteiger partial charge in [-0.2, -0.15) is 0 Å². The summed E-state index contributed by atoms with van der Waals surface area (Å²) in [6.07, 6.45) is 0. The second-order valence-corrected chi connectivity index (χ2v) is 0.826. The predicted molar refractivity (Wildman–Crippen MR) is 47.8 cm³/mol. The summed E-state index contributed by atoms with van der Waals surface area (Å²) in [5.74, 6) is -2.20. The maximum atomic E-state index is 9.35. The van der Waals surface area contributed by atoms with Crippen LogP contribution in [0.1, 0.15) is 0 Å². The molecule has 6 nitrogen and oxygen atoms in total. The van der Waals surface area contributed by atoms with Crippen LogP contribution in [-0.2, 0) is 25.9 Å². The Bertz CT molecular complexity index is 116. The quantitative estimate of drug-likeness (QED) is 0.239. The largest absolute Gasteiger partial charge is 0.502 e. The molecule has 0 aliphatic heterocycles. The van der Waals surface area contributed by atoms with E-state index >= 15 is 0 Å². The molecule has 2 N–H and O–H groups in total. The van der Waals surface area contributed by atoms with Crippen molar-refractivity contribution in [3.05, 3.63) is 44.7 Å². The van der Waals surface area contributed by atoms with Crippen LogP contribution in [0.4, 0.5) is 0 Å². The van der Waals surface area contributed by atoms with Gasteiger partial charge in [-0.05, 0) is 6.58 Å². The maximum absolute atomic E-state index is 9.35. The molecule has 0 amide bonds. The van der Waals surface area contributed by atoms with Crippen molar-refractivity contribution in [1.82, 2.24) is 0 Å². The van der Waals surface area contributed by atoms with Gasteiger partial charge in [0.15, 0.2) is 5.76 Å². The van der Waals surface area contributed by atoms with E-state index in [2.05, 4.69) is 6.58 Å². The number of hydrogen-bond acceptors (Lipinski definition) is 5. The molecular formula is C6H13NO5Pt-4. The molecule has 13 heavy (non-hydrogen) atoms. The van der Waals surface area contributed by atoms with Crippen LogP contribution in [0.2, 0.25) is 0 Å². The fourth-order valence-corrected chi connectivity index (χ4v) is 0. The van der Waals surface area contributed by atoms with E-state index in [1.54, 1.807) is 0 Å². The van der Waals surface area contributed by atoms with E-state index in [-0.39, 0.29) is 43.3 Å². The van der Waals surface area contributed by atoms with E-state index in [4.69, 9.17) is 20.3 Å². The van der Waals surface area contributed by atoms with Crippen molar-refractivity contribution < 1.29 is 36.1 Å². The van der Waals surface area contributed by atoms with Crippen LogP contribution >= 0.6 is 0 Å². The first kappa shape index (κ1) is 40.1. The third kappa shape index (κ3) is 95.7. The van der Waals surface area contributed by atoms with Crippen molar-refractivity contribution in [2.45, 2.75) is 0 Å². The summed E-state index contributed by atoms with van der Waals surface area (Å²) in [5, 5.41) is 24.5. The number of carboxylic acid groups (broad SMARTS) is 1. The zero-order valence-electron chi connectivity index (χ0n) is 7.59. The molecule has 0 heterocycles. The van der Waals surface area contributed by atoms with E-state index in [9.17, 15) is 4.79 Å². The van der Waals surface area contributed by atoms with Gasteiger partial charge in [0.2, 0.25) is 0 Å². The first-order chi connectivity index (χ1) is 4.06. The molecule has 0 aromatic rings. The van der Waals surface area contributed by atoms with Crippen LogP contribution in [-0.4, -0.2) is 16.2 Å². The van der Waals surface area contributed by atoms with Gasteiger partial charge in [-0.3, -0.25) is 0 Å². The van der Waals surface area contributed by atoms with Gasteiger partial charge in [-0.15, -0.1) is 5.34 Å². The molecule has 0 saturated heterocycles. The average molecular weight is 374 g/mol. The van der Waals surface area contributed by atoms with E-state index in [0.29, 0.717) is 0 Å². The molecule has 0 rings (SSSR count). The minimum atomic E-state index is -1.38. The number of aliphatic carboxylic acids is 1. The maximum Gasteiger partial charge on any atom is 0.370 e. The minimum absolute atomic E-state index is 0. The first-order valence-corrected chi connectivity index (χ1v) is 1.62. The summed E-state index contributed by atoms with van der Waals surface area (Å²) >= 11 is 0. The molecule has 0 unspecified atom stereocenters. The van der Waals surface area contributed by atoms with Crippen LogP contribution in [0.15, 0.2) is 17.7 Å². The van der Waals surface area contributed by atoms with Gasteiger partial charge < -0.3 is 42.6 Å². The van der Waals surface area contributed by atoms with Crippen molar-refractivity contribution in [3.63, 3.8) is 0 Å². The molecule has 0 aromatic carbocycles. The van der Waals surface area contributed by atoms with Crippen LogP contribution in [0, 0.1) is 32.4 Å². The standard InChI is InChI=1S/C3H4O3.3CH3.HNO2.Pt/c1-2(4)3(5)6;;;;2-1-3;/h4H,1H2,(H,5,6);3*1H3;(H,2,3);/q;3*-1;;/p-1. The Labute approximate surface area is 92.5 Å². The monoisotopic (exact) mass is 374 g/mol. The summed E-state index contributed by atoms with van der Waals surface area (Å²) in [6.45, 7) is 2.71. The number of hydrogen-bond donors (Lipinski definition) is 2. The second-order valence-electron chi connectivity index (χ2n) is 0.826. The van der Waals surface area contributed by atoms with Gasteiger partial charge in [0, 0.05) is 21.1 Å². The summed E-state index contributed by atoms with van der Waals surface area (Å²) < 4.78 is 0. The van der Waals surface area contributed by atoms with Gasteiger partial charge in [0.1, 0.15) is 0 Å². The molecule has 0 spiro atoms. The van der Waals surface area contributed by atoms with E-state index < -0.39 is 11.7 Å². The minimum Gasteiger partial charge on any atom is -0.502 e. The predicted octanol–water partition coefficient (Wildman–Crippen LogP) is 1.74. The fraction of sp³-hybridized carbons (Fsp3) is 0. The Morgan fingerprint density at radius 3 is 1.31 bits per heavy atom. The molecule has 0 atom stereocenters. The Balaban J connectivity index is -0.0000000160. The Morgan fingerprint density at radius 1 is 1.23 bits per heavy atom. The molecule has 0 aliphatic carbocycles. The number of carboxylic acids is 1. The Kier molecular flexibility index (Phi) is 93.8. The van der Waals surface area contributed by atoms with Gasteiger partial charge in [0.25, 0.3) is 0 Å². The van der Waals surface area contributed by atoms with Gasteiger partial charge in [-0.1, -0.05) is 0 Å². The molecule has 0 saturated carbocycles. The van der Waals surface area contributed by atoms with Crippen molar-refractivity contribution in [1.29, 1.82) is 0 Å². The van der Waals surface area contributed by atoms with E-state index in [0.717, 1.165) is 5.34 Å². The van der Waals surface area contributed by atoms with E-state index in [1.807, 2.05) is 0 Å². The number of nitrogens with zero attached hydrogens (tertiary/aromatic N) is 1. The second kappa shape index (κ2) is 30.4. The Morgan fingerprint density at radius 2 is 1.31 bits per heavy atom. The van der Waals surface area contributed by atoms with Crippen molar-refractivity contribution in [2.75, 3.05) is 0 Å². The Hall–Kier alpha value is -0.902. The molecular weight excluding hydrogens is 361 g/mol. The molecule has 0 aromatic heterocycles. The van der Waals surface area contributed by atoms with Crippen molar-refractivity contribution >= 4 is 5.97 Å². The summed E-state index contributed by atoms with van der Waals surface area (Å²) in [4.78, 5) is 17.3. The number of rotatable bonds is 1. The van der Waals surface area contributed by atoms with Gasteiger partial charge in [-0.25, -0.2) is 4.79 Å². The average Bonchev–Trinajstić information content (AvgIpc) is 1.68. The molecule has 0 bridgehead atoms. The van der Waals surface area contributed by atoms with Crippen LogP contribution in [0.25, 0.3) is 0 Å². The van der Waals surface area contributed by atoms with Crippen molar-refractivity contribution in [2.24, 2.45) is 5.34 Å². The van der Waals surface area contributed by atoms with Crippen LogP contribution < -0.4 is 0 Å². The number of aliphatic hydroxyl groups is 1. The molecule has 86 valence electrons. The molecule has 0 radical (unpaired) electrons. The zero-order valence-corrected chi connectivity index (χ0v) is 9.86. The van der Waals surface area contributed by atoms with Crippen molar-refractivity contribution in [3.8, 4) is 0 Å². The smallest absolute Gasteiger partial charge is 0.370 e. The van der Waals surface area contributed by atoms with Gasteiger partial charge >= 0.3 is 5.97 Å². The third-order valence-corrected chi connectivity index (χ3v) is 0.247. The summed E-state index contributed by atoms with van der Waals surface area (Å²) in [5.41, 5.74) is 0. The van der Waals surface area contributed by atoms with Gasteiger partial charge in [0.05, 0.1) is 0 Å². The van der Waals surface area contributed by atoms with Crippen LogP contribution in [0.5, 0.6) is 0 Å². The third-order valence-electron chi connectivity index (χ3n) is 0.247. The molecule has 0 fully saturated rings. The number of carbonyl (C=O) groups is 1. The first-order valence-electron chi connectivity index (χ1n) is 1.62.